The third-order valence-electron chi connectivity index (χ3n) is 3.72. The first-order chi connectivity index (χ1) is 8.65. The van der Waals surface area contributed by atoms with Crippen molar-refractivity contribution >= 4 is 11.3 Å². The van der Waals surface area contributed by atoms with Gasteiger partial charge < -0.3 is 10.2 Å². The number of likely N-dealkylation sites (tertiary alicyclic amines) is 1. The molecule has 1 fully saturated rings. The molecule has 1 unspecified atom stereocenters. The normalized spacial score (nSPS) is 18.4. The van der Waals surface area contributed by atoms with Gasteiger partial charge in [-0.2, -0.15) is 0 Å². The molecule has 0 aliphatic carbocycles. The van der Waals surface area contributed by atoms with E-state index in [4.69, 9.17) is 0 Å². The van der Waals surface area contributed by atoms with Gasteiger partial charge in [0, 0.05) is 22.8 Å². The molecule has 102 valence electrons. The maximum atomic E-state index is 3.61. The molecule has 0 spiro atoms. The zero-order valence-corrected chi connectivity index (χ0v) is 12.8. The number of hydrogen-bond donors (Lipinski definition) is 1. The van der Waals surface area contributed by atoms with E-state index in [2.05, 4.69) is 37.1 Å². The fourth-order valence-corrected chi connectivity index (χ4v) is 3.73. The van der Waals surface area contributed by atoms with Crippen LogP contribution in [0.4, 0.5) is 0 Å². The SMILES string of the molecule is Cc1cc(CNCC(C)CN2CCCC2)c(C)s1. The first-order valence-corrected chi connectivity index (χ1v) is 7.96. The van der Waals surface area contributed by atoms with Crippen LogP contribution in [0.3, 0.4) is 0 Å². The van der Waals surface area contributed by atoms with Crippen LogP contribution >= 0.6 is 11.3 Å². The molecule has 1 aliphatic heterocycles. The Morgan fingerprint density at radius 2 is 2.06 bits per heavy atom. The van der Waals surface area contributed by atoms with E-state index >= 15 is 0 Å². The summed E-state index contributed by atoms with van der Waals surface area (Å²) in [5.41, 5.74) is 1.48. The summed E-state index contributed by atoms with van der Waals surface area (Å²) < 4.78 is 0. The lowest BCUT2D eigenvalue weighted by Gasteiger charge is -2.20. The quantitative estimate of drug-likeness (QED) is 0.850. The summed E-state index contributed by atoms with van der Waals surface area (Å²) in [6, 6.07) is 2.32. The molecule has 2 nitrogen and oxygen atoms in total. The van der Waals surface area contributed by atoms with Crippen LogP contribution in [-0.2, 0) is 6.54 Å². The van der Waals surface area contributed by atoms with E-state index in [9.17, 15) is 0 Å². The Labute approximate surface area is 115 Å². The maximum absolute atomic E-state index is 3.61. The maximum Gasteiger partial charge on any atom is 0.0216 e. The van der Waals surface area contributed by atoms with Gasteiger partial charge >= 0.3 is 0 Å². The largest absolute Gasteiger partial charge is 0.312 e. The third kappa shape index (κ3) is 4.08. The Bertz CT molecular complexity index is 367. The number of hydrogen-bond acceptors (Lipinski definition) is 3. The summed E-state index contributed by atoms with van der Waals surface area (Å²) in [4.78, 5) is 5.49. The lowest BCUT2D eigenvalue weighted by atomic mass is 10.1. The Morgan fingerprint density at radius 1 is 1.33 bits per heavy atom. The third-order valence-corrected chi connectivity index (χ3v) is 4.73. The van der Waals surface area contributed by atoms with Crippen molar-refractivity contribution in [2.75, 3.05) is 26.2 Å². The van der Waals surface area contributed by atoms with E-state index < -0.39 is 0 Å². The average Bonchev–Trinajstić information content (AvgIpc) is 2.89. The molecule has 3 heteroatoms. The van der Waals surface area contributed by atoms with E-state index in [-0.39, 0.29) is 0 Å². The minimum Gasteiger partial charge on any atom is -0.312 e. The molecule has 1 aromatic heterocycles. The summed E-state index contributed by atoms with van der Waals surface area (Å²) in [6.07, 6.45) is 2.79. The molecule has 1 aromatic rings. The highest BCUT2D eigenvalue weighted by Crippen LogP contribution is 2.20. The molecule has 18 heavy (non-hydrogen) atoms. The number of nitrogens with one attached hydrogen (secondary N) is 1. The lowest BCUT2D eigenvalue weighted by molar-refractivity contribution is 0.282. The molecule has 1 N–H and O–H groups in total. The molecule has 1 aliphatic rings. The summed E-state index contributed by atoms with van der Waals surface area (Å²) in [7, 11) is 0. The van der Waals surface area contributed by atoms with Crippen molar-refractivity contribution in [1.82, 2.24) is 10.2 Å². The monoisotopic (exact) mass is 266 g/mol. The zero-order valence-electron chi connectivity index (χ0n) is 12.0. The lowest BCUT2D eigenvalue weighted by Crippen LogP contribution is -2.31. The topological polar surface area (TPSA) is 15.3 Å². The highest BCUT2D eigenvalue weighted by molar-refractivity contribution is 7.12. The average molecular weight is 266 g/mol. The first-order valence-electron chi connectivity index (χ1n) is 7.14. The van der Waals surface area contributed by atoms with Gasteiger partial charge in [-0.15, -0.1) is 11.3 Å². The van der Waals surface area contributed by atoms with Gasteiger partial charge in [-0.25, -0.2) is 0 Å². The predicted octanol–water partition coefficient (Wildman–Crippen LogP) is 3.19. The molecule has 1 saturated heterocycles. The Balaban J connectivity index is 1.66. The standard InChI is InChI=1S/C15H26N2S/c1-12(11-17-6-4-5-7-17)9-16-10-15-8-13(2)18-14(15)3/h8,12,16H,4-7,9-11H2,1-3H3. The van der Waals surface area contributed by atoms with Gasteiger partial charge in [0.05, 0.1) is 0 Å². The van der Waals surface area contributed by atoms with E-state index in [1.165, 1.54) is 47.8 Å². The molecule has 0 aromatic carbocycles. The molecule has 0 saturated carbocycles. The van der Waals surface area contributed by atoms with Crippen molar-refractivity contribution in [1.29, 1.82) is 0 Å². The van der Waals surface area contributed by atoms with Gasteiger partial charge in [0.25, 0.3) is 0 Å². The minimum absolute atomic E-state index is 0.753. The van der Waals surface area contributed by atoms with E-state index in [1.54, 1.807) is 0 Å². The molecule has 2 rings (SSSR count). The summed E-state index contributed by atoms with van der Waals surface area (Å²) in [5.74, 6) is 0.753. The Hall–Kier alpha value is -0.380. The van der Waals surface area contributed by atoms with E-state index in [1.807, 2.05) is 11.3 Å². The molecule has 2 heterocycles. The van der Waals surface area contributed by atoms with Crippen LogP contribution in [0.5, 0.6) is 0 Å². The Morgan fingerprint density at radius 3 is 2.67 bits per heavy atom. The van der Waals surface area contributed by atoms with Crippen molar-refractivity contribution in [3.63, 3.8) is 0 Å². The fourth-order valence-electron chi connectivity index (χ4n) is 2.78. The van der Waals surface area contributed by atoms with Gasteiger partial charge in [0.1, 0.15) is 0 Å². The Kier molecular flexibility index (Phi) is 5.22. The summed E-state index contributed by atoms with van der Waals surface area (Å²) in [6.45, 7) is 12.8. The predicted molar refractivity (Wildman–Crippen MR) is 80.3 cm³/mol. The van der Waals surface area contributed by atoms with Gasteiger partial charge in [-0.3, -0.25) is 0 Å². The molecular weight excluding hydrogens is 240 g/mol. The second-order valence-corrected chi connectivity index (χ2v) is 7.14. The van der Waals surface area contributed by atoms with E-state index in [0.717, 1.165) is 19.0 Å². The number of nitrogens with zero attached hydrogens (tertiary/aromatic N) is 1. The minimum atomic E-state index is 0.753. The van der Waals surface area contributed by atoms with E-state index in [0.29, 0.717) is 0 Å². The van der Waals surface area contributed by atoms with Crippen LogP contribution in [0.2, 0.25) is 0 Å². The highest BCUT2D eigenvalue weighted by Gasteiger charge is 2.14. The second kappa shape index (κ2) is 6.69. The van der Waals surface area contributed by atoms with Gasteiger partial charge in [0.15, 0.2) is 0 Å². The summed E-state index contributed by atoms with van der Waals surface area (Å²) in [5, 5.41) is 3.61. The van der Waals surface area contributed by atoms with Gasteiger partial charge in [0.2, 0.25) is 0 Å². The fraction of sp³-hybridized carbons (Fsp3) is 0.733. The van der Waals surface area contributed by atoms with Crippen molar-refractivity contribution in [3.05, 3.63) is 21.4 Å². The number of aryl methyl sites for hydroxylation is 2. The van der Waals surface area contributed by atoms with Crippen molar-refractivity contribution in [3.8, 4) is 0 Å². The molecule has 0 radical (unpaired) electrons. The van der Waals surface area contributed by atoms with Crippen LogP contribution in [0.25, 0.3) is 0 Å². The smallest absolute Gasteiger partial charge is 0.0216 e. The van der Waals surface area contributed by atoms with Crippen molar-refractivity contribution < 1.29 is 0 Å². The zero-order chi connectivity index (χ0) is 13.0. The van der Waals surface area contributed by atoms with Crippen LogP contribution < -0.4 is 5.32 Å². The number of rotatable bonds is 6. The number of thiophene rings is 1. The van der Waals surface area contributed by atoms with Crippen LogP contribution in [0, 0.1) is 19.8 Å². The van der Waals surface area contributed by atoms with Gasteiger partial charge in [-0.05, 0) is 63.9 Å². The van der Waals surface area contributed by atoms with Crippen LogP contribution in [0.1, 0.15) is 35.1 Å². The second-order valence-electron chi connectivity index (χ2n) is 5.68. The van der Waals surface area contributed by atoms with Crippen molar-refractivity contribution in [2.45, 2.75) is 40.2 Å². The molecule has 0 amide bonds. The molecule has 0 bridgehead atoms. The molecular formula is C15H26N2S. The van der Waals surface area contributed by atoms with Gasteiger partial charge in [-0.1, -0.05) is 6.92 Å². The summed E-state index contributed by atoms with van der Waals surface area (Å²) >= 11 is 1.91. The van der Waals surface area contributed by atoms with Crippen molar-refractivity contribution in [2.24, 2.45) is 5.92 Å². The first kappa shape index (κ1) is 14.0. The molecule has 1 atom stereocenters. The van der Waals surface area contributed by atoms with Crippen LogP contribution in [0.15, 0.2) is 6.07 Å². The highest BCUT2D eigenvalue weighted by atomic mass is 32.1. The van der Waals surface area contributed by atoms with Crippen LogP contribution in [-0.4, -0.2) is 31.1 Å².